The van der Waals surface area contributed by atoms with E-state index in [2.05, 4.69) is 62.2 Å². The molecule has 3 aromatic rings. The molecular formula is C29H36N2O3. The number of carbonyl (C=O) groups is 1. The lowest BCUT2D eigenvalue weighted by Crippen LogP contribution is -2.35. The predicted molar refractivity (Wildman–Crippen MR) is 138 cm³/mol. The van der Waals surface area contributed by atoms with Gasteiger partial charge in [0.15, 0.2) is 11.5 Å². The van der Waals surface area contributed by atoms with E-state index in [9.17, 15) is 4.79 Å². The van der Waals surface area contributed by atoms with Crippen molar-refractivity contribution in [3.05, 3.63) is 70.8 Å². The van der Waals surface area contributed by atoms with Crippen molar-refractivity contribution in [1.82, 2.24) is 9.80 Å². The van der Waals surface area contributed by atoms with Crippen LogP contribution in [0.2, 0.25) is 0 Å². The highest BCUT2D eigenvalue weighted by atomic mass is 16.5. The first-order valence-electron chi connectivity index (χ1n) is 12.1. The van der Waals surface area contributed by atoms with Gasteiger partial charge in [0.25, 0.3) is 0 Å². The number of hydrogen-bond acceptors (Lipinski definition) is 4. The molecule has 5 nitrogen and oxygen atoms in total. The van der Waals surface area contributed by atoms with Crippen molar-refractivity contribution in [1.29, 1.82) is 0 Å². The number of amides is 1. The second kappa shape index (κ2) is 10.5. The first-order chi connectivity index (χ1) is 16.4. The van der Waals surface area contributed by atoms with E-state index >= 15 is 0 Å². The van der Waals surface area contributed by atoms with Gasteiger partial charge in [0.05, 0.1) is 20.6 Å². The zero-order valence-corrected chi connectivity index (χ0v) is 21.1. The van der Waals surface area contributed by atoms with E-state index < -0.39 is 0 Å². The summed E-state index contributed by atoms with van der Waals surface area (Å²) in [5, 5.41) is 2.61. The van der Waals surface area contributed by atoms with Crippen LogP contribution < -0.4 is 9.47 Å². The van der Waals surface area contributed by atoms with Crippen LogP contribution in [0.1, 0.15) is 41.6 Å². The molecule has 1 aliphatic rings. The van der Waals surface area contributed by atoms with Crippen molar-refractivity contribution in [3.8, 4) is 11.5 Å². The molecule has 34 heavy (non-hydrogen) atoms. The summed E-state index contributed by atoms with van der Waals surface area (Å²) in [5.41, 5.74) is 4.93. The van der Waals surface area contributed by atoms with Crippen molar-refractivity contribution < 1.29 is 14.3 Å². The fraction of sp³-hybridized carbons (Fsp3) is 0.414. The second-order valence-electron chi connectivity index (χ2n) is 9.31. The molecule has 1 heterocycles. The SMILES string of the molecule is COc1cc2c(cc1OC)CC(=O)N(CCCN(C)C(C)c1c(C)ccc3ccccc13)CC2. The maximum atomic E-state index is 13.0. The van der Waals surface area contributed by atoms with Crippen LogP contribution >= 0.6 is 0 Å². The average Bonchev–Trinajstić information content (AvgIpc) is 3.00. The minimum atomic E-state index is 0.187. The van der Waals surface area contributed by atoms with Crippen LogP contribution in [-0.4, -0.2) is 56.6 Å². The third-order valence-corrected chi connectivity index (χ3v) is 7.26. The normalized spacial score (nSPS) is 14.8. The maximum absolute atomic E-state index is 13.0. The van der Waals surface area contributed by atoms with Crippen LogP contribution in [0, 0.1) is 6.92 Å². The third kappa shape index (κ3) is 4.90. The zero-order valence-electron chi connectivity index (χ0n) is 21.1. The number of benzene rings is 3. The van der Waals surface area contributed by atoms with Gasteiger partial charge in [-0.2, -0.15) is 0 Å². The van der Waals surface area contributed by atoms with Gasteiger partial charge in [0, 0.05) is 25.7 Å². The Hall–Kier alpha value is -3.05. The summed E-state index contributed by atoms with van der Waals surface area (Å²) in [4.78, 5) is 17.4. The highest BCUT2D eigenvalue weighted by molar-refractivity contribution is 5.87. The molecule has 0 aromatic heterocycles. The molecule has 0 saturated carbocycles. The number of rotatable bonds is 8. The van der Waals surface area contributed by atoms with Crippen LogP contribution in [0.3, 0.4) is 0 Å². The van der Waals surface area contributed by atoms with Gasteiger partial charge in [-0.3, -0.25) is 9.69 Å². The van der Waals surface area contributed by atoms with Gasteiger partial charge in [-0.15, -0.1) is 0 Å². The third-order valence-electron chi connectivity index (χ3n) is 7.26. The molecular weight excluding hydrogens is 424 g/mol. The molecule has 1 aliphatic heterocycles. The van der Waals surface area contributed by atoms with Gasteiger partial charge < -0.3 is 14.4 Å². The Kier molecular flexibility index (Phi) is 7.42. The molecule has 4 rings (SSSR count). The Morgan fingerprint density at radius 3 is 2.47 bits per heavy atom. The lowest BCUT2D eigenvalue weighted by molar-refractivity contribution is -0.130. The number of ether oxygens (including phenoxy) is 2. The molecule has 0 saturated heterocycles. The van der Waals surface area contributed by atoms with Crippen LogP contribution in [0.4, 0.5) is 0 Å². The smallest absolute Gasteiger partial charge is 0.227 e. The molecule has 1 atom stereocenters. The highest BCUT2D eigenvalue weighted by Gasteiger charge is 2.23. The molecule has 0 radical (unpaired) electrons. The Morgan fingerprint density at radius 2 is 1.74 bits per heavy atom. The van der Waals surface area contributed by atoms with Crippen LogP contribution in [0.25, 0.3) is 10.8 Å². The number of nitrogens with zero attached hydrogens (tertiary/aromatic N) is 2. The molecule has 0 spiro atoms. The van der Waals surface area contributed by atoms with Gasteiger partial charge in [-0.25, -0.2) is 0 Å². The molecule has 1 unspecified atom stereocenters. The van der Waals surface area contributed by atoms with E-state index in [0.29, 0.717) is 18.2 Å². The Morgan fingerprint density at radius 1 is 1.03 bits per heavy atom. The number of aryl methyl sites for hydroxylation is 1. The van der Waals surface area contributed by atoms with Gasteiger partial charge in [-0.1, -0.05) is 36.4 Å². The quantitative estimate of drug-likeness (QED) is 0.465. The fourth-order valence-corrected chi connectivity index (χ4v) is 5.14. The molecule has 0 N–H and O–H groups in total. The van der Waals surface area contributed by atoms with E-state index in [4.69, 9.17) is 9.47 Å². The Balaban J connectivity index is 1.39. The van der Waals surface area contributed by atoms with Gasteiger partial charge >= 0.3 is 0 Å². The van der Waals surface area contributed by atoms with Crippen molar-refractivity contribution in [2.45, 2.75) is 39.2 Å². The number of hydrogen-bond donors (Lipinski definition) is 0. The monoisotopic (exact) mass is 460 g/mol. The molecule has 180 valence electrons. The van der Waals surface area contributed by atoms with Gasteiger partial charge in [0.1, 0.15) is 0 Å². The summed E-state index contributed by atoms with van der Waals surface area (Å²) >= 11 is 0. The minimum absolute atomic E-state index is 0.187. The lowest BCUT2D eigenvalue weighted by Gasteiger charge is -2.29. The number of carbonyl (C=O) groups excluding carboxylic acids is 1. The molecule has 0 fully saturated rings. The van der Waals surface area contributed by atoms with Crippen LogP contribution in [0.15, 0.2) is 48.5 Å². The summed E-state index contributed by atoms with van der Waals surface area (Å²) in [6.07, 6.45) is 2.19. The largest absolute Gasteiger partial charge is 0.493 e. The molecule has 1 amide bonds. The van der Waals surface area contributed by atoms with Crippen LogP contribution in [-0.2, 0) is 17.6 Å². The predicted octanol–water partition coefficient (Wildman–Crippen LogP) is 5.18. The van der Waals surface area contributed by atoms with Gasteiger partial charge in [0.2, 0.25) is 5.91 Å². The van der Waals surface area contributed by atoms with E-state index in [1.165, 1.54) is 27.5 Å². The molecule has 3 aromatic carbocycles. The summed E-state index contributed by atoms with van der Waals surface area (Å²) < 4.78 is 10.9. The molecule has 0 bridgehead atoms. The average molecular weight is 461 g/mol. The van der Waals surface area contributed by atoms with E-state index in [0.717, 1.165) is 43.8 Å². The maximum Gasteiger partial charge on any atom is 0.227 e. The Labute approximate surface area is 203 Å². The summed E-state index contributed by atoms with van der Waals surface area (Å²) in [6.45, 7) is 6.92. The van der Waals surface area contributed by atoms with E-state index in [-0.39, 0.29) is 5.91 Å². The van der Waals surface area contributed by atoms with E-state index in [1.54, 1.807) is 14.2 Å². The van der Waals surface area contributed by atoms with Crippen molar-refractivity contribution in [3.63, 3.8) is 0 Å². The molecule has 0 aliphatic carbocycles. The summed E-state index contributed by atoms with van der Waals surface area (Å²) in [7, 11) is 5.46. The summed E-state index contributed by atoms with van der Waals surface area (Å²) in [6, 6.07) is 17.3. The standard InChI is InChI=1S/C29H36N2O3/c1-20-11-12-22-9-6-7-10-25(22)29(20)21(2)30(3)14-8-15-31-16-13-23-17-26(33-4)27(34-5)18-24(23)19-28(31)32/h6-7,9-12,17-18,21H,8,13-16,19H2,1-5H3. The minimum Gasteiger partial charge on any atom is -0.493 e. The topological polar surface area (TPSA) is 42.0 Å². The summed E-state index contributed by atoms with van der Waals surface area (Å²) in [5.74, 6) is 1.59. The highest BCUT2D eigenvalue weighted by Crippen LogP contribution is 2.33. The number of methoxy groups -OCH3 is 2. The Bertz CT molecular complexity index is 1170. The van der Waals surface area contributed by atoms with Crippen LogP contribution in [0.5, 0.6) is 11.5 Å². The second-order valence-corrected chi connectivity index (χ2v) is 9.31. The van der Waals surface area contributed by atoms with Crippen molar-refractivity contribution in [2.24, 2.45) is 0 Å². The fourth-order valence-electron chi connectivity index (χ4n) is 5.14. The first kappa shape index (κ1) is 24.1. The van der Waals surface area contributed by atoms with E-state index in [1.807, 2.05) is 17.0 Å². The van der Waals surface area contributed by atoms with Gasteiger partial charge in [-0.05, 0) is 78.9 Å². The lowest BCUT2D eigenvalue weighted by atomic mass is 9.94. The van der Waals surface area contributed by atoms with Crippen molar-refractivity contribution in [2.75, 3.05) is 40.9 Å². The molecule has 5 heteroatoms. The van der Waals surface area contributed by atoms with Crippen molar-refractivity contribution >= 4 is 16.7 Å². The number of fused-ring (bicyclic) bond motifs is 2. The zero-order chi connectivity index (χ0) is 24.2. The first-order valence-corrected chi connectivity index (χ1v) is 12.1.